The summed E-state index contributed by atoms with van der Waals surface area (Å²) < 4.78 is 6.68. The van der Waals surface area contributed by atoms with Crippen LogP contribution in [0.2, 0.25) is 0 Å². The minimum atomic E-state index is 0.492. The van der Waals surface area contributed by atoms with Crippen LogP contribution in [0, 0.1) is 0 Å². The maximum absolute atomic E-state index is 5.75. The fourth-order valence-corrected chi connectivity index (χ4v) is 4.84. The molecule has 0 amide bonds. The molecule has 0 aliphatic rings. The van der Waals surface area contributed by atoms with Gasteiger partial charge in [-0.25, -0.2) is 4.98 Å². The number of hydrogen-bond acceptors (Lipinski definition) is 8. The largest absolute Gasteiger partial charge is 0.486 e. The van der Waals surface area contributed by atoms with Gasteiger partial charge in [-0.2, -0.15) is 0 Å². The van der Waals surface area contributed by atoms with Crippen LogP contribution in [0.4, 0.5) is 5.13 Å². The summed E-state index contributed by atoms with van der Waals surface area (Å²) in [4.78, 5) is 4.64. The van der Waals surface area contributed by atoms with Gasteiger partial charge < -0.3 is 10.1 Å². The van der Waals surface area contributed by atoms with Gasteiger partial charge in [0.05, 0.1) is 5.69 Å². The van der Waals surface area contributed by atoms with Gasteiger partial charge in [0.1, 0.15) is 17.4 Å². The molecule has 0 radical (unpaired) electrons. The first kappa shape index (κ1) is 18.9. The summed E-state index contributed by atoms with van der Waals surface area (Å²) in [7, 11) is 0. The van der Waals surface area contributed by atoms with Gasteiger partial charge in [-0.1, -0.05) is 71.6 Å². The summed E-state index contributed by atoms with van der Waals surface area (Å²) in [5.74, 6) is 1.63. The quantitative estimate of drug-likeness (QED) is 0.358. The molecule has 0 bridgehead atoms. The molecule has 0 spiro atoms. The molecule has 0 aliphatic heterocycles. The molecule has 142 valence electrons. The summed E-state index contributed by atoms with van der Waals surface area (Å²) in [6.07, 6.45) is 0. The van der Waals surface area contributed by atoms with E-state index in [2.05, 4.69) is 38.0 Å². The topological polar surface area (TPSA) is 59.9 Å². The zero-order valence-electron chi connectivity index (χ0n) is 14.9. The first-order chi connectivity index (χ1) is 13.8. The highest BCUT2D eigenvalue weighted by molar-refractivity contribution is 8.00. The Morgan fingerprint density at radius 2 is 1.75 bits per heavy atom. The Balaban J connectivity index is 1.24. The van der Waals surface area contributed by atoms with E-state index < -0.39 is 0 Å². The smallest absolute Gasteiger partial charge is 0.206 e. The second kappa shape index (κ2) is 9.68. The number of hydrogen-bond donors (Lipinski definition) is 1. The van der Waals surface area contributed by atoms with Gasteiger partial charge in [-0.15, -0.1) is 21.5 Å². The molecule has 0 saturated carbocycles. The van der Waals surface area contributed by atoms with Crippen LogP contribution in [0.15, 0.2) is 70.4 Å². The van der Waals surface area contributed by atoms with Crippen LogP contribution >= 0.6 is 34.4 Å². The zero-order valence-corrected chi connectivity index (χ0v) is 17.4. The van der Waals surface area contributed by atoms with E-state index in [0.717, 1.165) is 38.2 Å². The number of nitrogens with one attached hydrogen (secondary N) is 1. The fourth-order valence-electron chi connectivity index (χ4n) is 2.39. The van der Waals surface area contributed by atoms with Crippen LogP contribution in [0.25, 0.3) is 0 Å². The first-order valence-corrected chi connectivity index (χ1v) is 11.4. The third-order valence-corrected chi connectivity index (χ3v) is 6.66. The van der Waals surface area contributed by atoms with Crippen molar-refractivity contribution in [3.05, 3.63) is 82.3 Å². The van der Waals surface area contributed by atoms with Gasteiger partial charge in [0.15, 0.2) is 4.34 Å². The molecule has 5 nitrogen and oxygen atoms in total. The van der Waals surface area contributed by atoms with E-state index in [4.69, 9.17) is 4.74 Å². The van der Waals surface area contributed by atoms with Crippen molar-refractivity contribution in [1.29, 1.82) is 0 Å². The van der Waals surface area contributed by atoms with Crippen LogP contribution < -0.4 is 10.1 Å². The van der Waals surface area contributed by atoms with Crippen LogP contribution in [-0.4, -0.2) is 15.2 Å². The number of para-hydroxylation sites is 1. The Hall–Kier alpha value is -2.42. The molecule has 0 saturated heterocycles. The molecule has 2 aromatic carbocycles. The summed E-state index contributed by atoms with van der Waals surface area (Å²) >= 11 is 4.84. The van der Waals surface area contributed by atoms with Crippen molar-refractivity contribution in [2.75, 3.05) is 5.32 Å². The Morgan fingerprint density at radius 3 is 2.57 bits per heavy atom. The van der Waals surface area contributed by atoms with Gasteiger partial charge in [0, 0.05) is 17.7 Å². The Labute approximate surface area is 175 Å². The molecule has 4 aromatic rings. The summed E-state index contributed by atoms with van der Waals surface area (Å²) in [6.45, 7) is 1.24. The predicted octanol–water partition coefficient (Wildman–Crippen LogP) is 5.48. The SMILES string of the molecule is c1ccc(CNc2nnc(SCc3csc(COc4ccccc4)n3)s2)cc1. The van der Waals surface area contributed by atoms with Crippen molar-refractivity contribution in [3.8, 4) is 5.75 Å². The lowest BCUT2D eigenvalue weighted by Gasteiger charge is -2.02. The lowest BCUT2D eigenvalue weighted by molar-refractivity contribution is 0.305. The van der Waals surface area contributed by atoms with Crippen molar-refractivity contribution in [3.63, 3.8) is 0 Å². The molecule has 0 fully saturated rings. The maximum Gasteiger partial charge on any atom is 0.206 e. The number of benzene rings is 2. The maximum atomic E-state index is 5.75. The number of ether oxygens (including phenoxy) is 1. The van der Waals surface area contributed by atoms with Crippen molar-refractivity contribution in [2.24, 2.45) is 0 Å². The van der Waals surface area contributed by atoms with Crippen LogP contribution in [0.5, 0.6) is 5.75 Å². The number of thioether (sulfide) groups is 1. The van der Waals surface area contributed by atoms with Crippen molar-refractivity contribution < 1.29 is 4.74 Å². The lowest BCUT2D eigenvalue weighted by atomic mass is 10.2. The van der Waals surface area contributed by atoms with Crippen molar-refractivity contribution in [1.82, 2.24) is 15.2 Å². The Kier molecular flexibility index (Phi) is 6.54. The third-order valence-electron chi connectivity index (χ3n) is 3.74. The highest BCUT2D eigenvalue weighted by Gasteiger charge is 2.08. The average molecular weight is 427 g/mol. The third kappa shape index (κ3) is 5.54. The summed E-state index contributed by atoms with van der Waals surface area (Å²) in [5.41, 5.74) is 2.26. The van der Waals surface area contributed by atoms with E-state index in [0.29, 0.717) is 6.61 Å². The number of rotatable bonds is 9. The molecule has 28 heavy (non-hydrogen) atoms. The molecular formula is C20H18N4OS3. The molecule has 2 aromatic heterocycles. The number of nitrogens with zero attached hydrogens (tertiary/aromatic N) is 3. The predicted molar refractivity (Wildman–Crippen MR) is 116 cm³/mol. The van der Waals surface area contributed by atoms with Crippen LogP contribution in [0.3, 0.4) is 0 Å². The molecule has 8 heteroatoms. The molecular weight excluding hydrogens is 408 g/mol. The summed E-state index contributed by atoms with van der Waals surface area (Å²) in [5, 5.41) is 15.7. The first-order valence-electron chi connectivity index (χ1n) is 8.70. The average Bonchev–Trinajstić information content (AvgIpc) is 3.40. The fraction of sp³-hybridized carbons (Fsp3) is 0.150. The van der Waals surface area contributed by atoms with Gasteiger partial charge in [0.25, 0.3) is 0 Å². The lowest BCUT2D eigenvalue weighted by Crippen LogP contribution is -1.98. The highest BCUT2D eigenvalue weighted by Crippen LogP contribution is 2.29. The normalized spacial score (nSPS) is 10.7. The number of anilines is 1. The highest BCUT2D eigenvalue weighted by atomic mass is 32.2. The van der Waals surface area contributed by atoms with Gasteiger partial charge in [-0.3, -0.25) is 0 Å². The van der Waals surface area contributed by atoms with Gasteiger partial charge in [0.2, 0.25) is 5.13 Å². The van der Waals surface area contributed by atoms with Gasteiger partial charge >= 0.3 is 0 Å². The Bertz CT molecular complexity index is 907. The Morgan fingerprint density at radius 1 is 0.964 bits per heavy atom. The summed E-state index contributed by atoms with van der Waals surface area (Å²) in [6, 6.07) is 20.1. The minimum absolute atomic E-state index is 0.492. The zero-order chi connectivity index (χ0) is 19.0. The monoisotopic (exact) mass is 426 g/mol. The van der Waals surface area contributed by atoms with Crippen LogP contribution in [0.1, 0.15) is 16.3 Å². The van der Waals surface area contributed by atoms with E-state index in [1.807, 2.05) is 48.5 Å². The molecule has 2 heterocycles. The minimum Gasteiger partial charge on any atom is -0.486 e. The molecule has 0 aliphatic carbocycles. The van der Waals surface area contributed by atoms with Gasteiger partial charge in [-0.05, 0) is 17.7 Å². The molecule has 0 atom stereocenters. The molecule has 0 unspecified atom stereocenters. The van der Waals surface area contributed by atoms with E-state index in [9.17, 15) is 0 Å². The number of thiazole rings is 1. The van der Waals surface area contributed by atoms with E-state index in [-0.39, 0.29) is 0 Å². The second-order valence-electron chi connectivity index (χ2n) is 5.84. The van der Waals surface area contributed by atoms with E-state index in [1.54, 1.807) is 34.4 Å². The molecule has 1 N–H and O–H groups in total. The number of aromatic nitrogens is 3. The van der Waals surface area contributed by atoms with Crippen LogP contribution in [-0.2, 0) is 18.9 Å². The second-order valence-corrected chi connectivity index (χ2v) is 8.98. The van der Waals surface area contributed by atoms with Crippen molar-refractivity contribution >= 4 is 39.6 Å². The standard InChI is InChI=1S/C20H18N4OS3/c1-3-7-15(8-4-1)11-21-19-23-24-20(28-19)27-14-16-13-26-18(22-16)12-25-17-9-5-2-6-10-17/h1-10,13H,11-12,14H2,(H,21,23). The molecule has 4 rings (SSSR count). The van der Waals surface area contributed by atoms with Crippen molar-refractivity contribution in [2.45, 2.75) is 23.2 Å². The van der Waals surface area contributed by atoms with E-state index >= 15 is 0 Å². The van der Waals surface area contributed by atoms with E-state index in [1.165, 1.54) is 5.56 Å².